The first-order valence-corrected chi connectivity index (χ1v) is 14.3. The van der Waals surface area contributed by atoms with Crippen LogP contribution in [0.1, 0.15) is 48.2 Å². The molecule has 3 nitrogen and oxygen atoms in total. The van der Waals surface area contributed by atoms with Gasteiger partial charge in [-0.05, 0) is 48.9 Å². The molecule has 0 saturated carbocycles. The lowest BCUT2D eigenvalue weighted by atomic mass is 10.0. The number of para-hydroxylation sites is 2. The molecule has 0 saturated heterocycles. The van der Waals surface area contributed by atoms with Crippen molar-refractivity contribution < 1.29 is 8.39 Å². The van der Waals surface area contributed by atoms with Gasteiger partial charge in [0.25, 0.3) is 0 Å². The highest BCUT2D eigenvalue weighted by Gasteiger charge is 2.29. The Hall–Kier alpha value is -3.78. The van der Waals surface area contributed by atoms with E-state index in [2.05, 4.69) is 129 Å². The summed E-state index contributed by atoms with van der Waals surface area (Å²) in [6, 6.07) is 34.0. The van der Waals surface area contributed by atoms with Gasteiger partial charge in [0.1, 0.15) is 11.2 Å². The molecule has 5 aromatic rings. The monoisotopic (exact) mass is 519 g/mol. The molecule has 4 aromatic carbocycles. The minimum atomic E-state index is -1.55. The van der Waals surface area contributed by atoms with Crippen LogP contribution in [-0.2, 0) is 12.8 Å². The Balaban J connectivity index is 1.87. The molecule has 0 fully saturated rings. The Kier molecular flexibility index (Phi) is 7.98. The van der Waals surface area contributed by atoms with Gasteiger partial charge in [0.2, 0.25) is 0 Å². The third-order valence-electron chi connectivity index (χ3n) is 7.10. The van der Waals surface area contributed by atoms with Crippen molar-refractivity contribution in [2.24, 2.45) is 0 Å². The molecule has 38 heavy (non-hydrogen) atoms. The van der Waals surface area contributed by atoms with Gasteiger partial charge in [0.15, 0.2) is 0 Å². The molecule has 0 spiro atoms. The highest BCUT2D eigenvalue weighted by Crippen LogP contribution is 2.47. The van der Waals surface area contributed by atoms with Crippen molar-refractivity contribution in [3.63, 3.8) is 0 Å². The van der Waals surface area contributed by atoms with E-state index >= 15 is 0 Å². The zero-order valence-electron chi connectivity index (χ0n) is 22.1. The molecule has 0 unspecified atom stereocenters. The van der Waals surface area contributed by atoms with E-state index in [-0.39, 0.29) is 12.1 Å². The van der Waals surface area contributed by atoms with E-state index in [0.29, 0.717) is 0 Å². The molecule has 192 valence electrons. The highest BCUT2D eigenvalue weighted by molar-refractivity contribution is 7.39. The Labute approximate surface area is 226 Å². The molecular formula is C34H34NO2P. The lowest BCUT2D eigenvalue weighted by Gasteiger charge is -2.31. The molecule has 0 aliphatic carbocycles. The average molecular weight is 520 g/mol. The van der Waals surface area contributed by atoms with Gasteiger partial charge in [0.05, 0.1) is 0 Å². The van der Waals surface area contributed by atoms with Gasteiger partial charge in [-0.2, -0.15) is 4.67 Å². The largest absolute Gasteiger partial charge is 0.407 e. The lowest BCUT2D eigenvalue weighted by molar-refractivity contribution is 0.557. The summed E-state index contributed by atoms with van der Waals surface area (Å²) in [5.74, 6) is 0. The first kappa shape index (κ1) is 25.9. The summed E-state index contributed by atoms with van der Waals surface area (Å²) in [4.78, 5) is 0. The van der Waals surface area contributed by atoms with E-state index in [1.54, 1.807) is 0 Å². The van der Waals surface area contributed by atoms with Crippen LogP contribution in [0.25, 0.3) is 21.9 Å². The van der Waals surface area contributed by atoms with Crippen LogP contribution in [0.4, 0.5) is 0 Å². The lowest BCUT2D eigenvalue weighted by Crippen LogP contribution is -2.27. The zero-order valence-corrected chi connectivity index (χ0v) is 23.0. The van der Waals surface area contributed by atoms with Gasteiger partial charge in [-0.25, -0.2) is 0 Å². The molecular weight excluding hydrogens is 485 g/mol. The summed E-state index contributed by atoms with van der Waals surface area (Å²) in [5.41, 5.74) is 6.39. The van der Waals surface area contributed by atoms with Crippen molar-refractivity contribution in [3.05, 3.63) is 145 Å². The molecule has 0 bridgehead atoms. The fourth-order valence-electron chi connectivity index (χ4n) is 5.10. The summed E-state index contributed by atoms with van der Waals surface area (Å²) in [6.07, 6.45) is 5.30. The number of nitrogens with zero attached hydrogens (tertiary/aromatic N) is 1. The van der Waals surface area contributed by atoms with Crippen LogP contribution < -0.4 is 4.67 Å². The quantitative estimate of drug-likeness (QED) is 0.181. The third kappa shape index (κ3) is 5.13. The van der Waals surface area contributed by atoms with Crippen molar-refractivity contribution in [3.8, 4) is 0 Å². The normalized spacial score (nSPS) is 12.9. The first-order valence-electron chi connectivity index (χ1n) is 13.1. The summed E-state index contributed by atoms with van der Waals surface area (Å²) in [5, 5.41) is 2.10. The number of hydrogen-bond donors (Lipinski definition) is 0. The average Bonchev–Trinajstić information content (AvgIpc) is 3.12. The summed E-state index contributed by atoms with van der Waals surface area (Å²) in [6.45, 7) is 12.5. The molecule has 0 aliphatic rings. The van der Waals surface area contributed by atoms with Crippen LogP contribution in [-0.4, -0.2) is 0 Å². The minimum absolute atomic E-state index is 0.0423. The Morgan fingerprint density at radius 1 is 0.632 bits per heavy atom. The number of allylic oxidation sites excluding steroid dienone is 2. The fraction of sp³-hybridized carbons (Fsp3) is 0.176. The fourth-order valence-corrected chi connectivity index (χ4v) is 6.90. The Morgan fingerprint density at radius 3 is 1.45 bits per heavy atom. The summed E-state index contributed by atoms with van der Waals surface area (Å²) >= 11 is 0. The van der Waals surface area contributed by atoms with Gasteiger partial charge in [-0.1, -0.05) is 109 Å². The maximum atomic E-state index is 7.00. The van der Waals surface area contributed by atoms with Crippen LogP contribution in [0.2, 0.25) is 0 Å². The maximum absolute atomic E-state index is 7.00. The third-order valence-corrected chi connectivity index (χ3v) is 8.84. The van der Waals surface area contributed by atoms with E-state index in [9.17, 15) is 0 Å². The molecule has 0 amide bonds. The zero-order chi connectivity index (χ0) is 26.5. The van der Waals surface area contributed by atoms with Crippen LogP contribution in [0.15, 0.2) is 131 Å². The van der Waals surface area contributed by atoms with E-state index in [1.807, 2.05) is 12.2 Å². The number of rotatable bonds is 9. The molecule has 4 heteroatoms. The summed E-state index contributed by atoms with van der Waals surface area (Å²) < 4.78 is 16.4. The standard InChI is InChI=1S/C34H34NO2P/c1-5-15-29-21-13-23-31-32-24-14-22-30(16-6-2)34(32)37-38(36-33(29)31)35(25(3)27-17-9-7-10-18-27)26(4)28-19-11-8-12-20-28/h5-14,17-26H,1-2,15-16H2,3-4H3/t25-,26-/m1/s1. The topological polar surface area (TPSA) is 29.5 Å². The SMILES string of the molecule is C=CCc1cccc2c1op(N([C@H](C)c1ccccc1)[C@H](C)c1ccccc1)oc1c(CC=C)cccc12. The van der Waals surface area contributed by atoms with Gasteiger partial charge < -0.3 is 8.39 Å². The van der Waals surface area contributed by atoms with Crippen molar-refractivity contribution in [1.29, 1.82) is 0 Å². The first-order chi connectivity index (χ1) is 18.6. The highest BCUT2D eigenvalue weighted by atomic mass is 31.1. The molecule has 0 aliphatic heterocycles. The van der Waals surface area contributed by atoms with Gasteiger partial charge in [-0.3, -0.25) is 0 Å². The molecule has 0 radical (unpaired) electrons. The summed E-state index contributed by atoms with van der Waals surface area (Å²) in [7, 11) is -1.55. The maximum Gasteiger partial charge on any atom is 0.310 e. The Morgan fingerprint density at radius 2 is 1.05 bits per heavy atom. The second-order valence-electron chi connectivity index (χ2n) is 9.55. The van der Waals surface area contributed by atoms with E-state index in [1.165, 1.54) is 11.1 Å². The molecule has 0 N–H and O–H groups in total. The van der Waals surface area contributed by atoms with Crippen molar-refractivity contribution in [1.82, 2.24) is 0 Å². The van der Waals surface area contributed by atoms with E-state index in [0.717, 1.165) is 45.9 Å². The predicted octanol–water partition coefficient (Wildman–Crippen LogP) is 10.2. The minimum Gasteiger partial charge on any atom is -0.407 e. The van der Waals surface area contributed by atoms with Crippen LogP contribution in [0.5, 0.6) is 0 Å². The smallest absolute Gasteiger partial charge is 0.310 e. The van der Waals surface area contributed by atoms with E-state index < -0.39 is 8.16 Å². The van der Waals surface area contributed by atoms with Gasteiger partial charge in [-0.15, -0.1) is 13.2 Å². The van der Waals surface area contributed by atoms with Gasteiger partial charge >= 0.3 is 8.16 Å². The van der Waals surface area contributed by atoms with Crippen molar-refractivity contribution in [2.45, 2.75) is 38.8 Å². The second kappa shape index (κ2) is 11.7. The van der Waals surface area contributed by atoms with Gasteiger partial charge in [0, 0.05) is 22.9 Å². The molecule has 5 rings (SSSR count). The second-order valence-corrected chi connectivity index (χ2v) is 10.8. The Bertz CT molecular complexity index is 1470. The number of hydrogen-bond acceptors (Lipinski definition) is 3. The molecule has 1 heterocycles. The predicted molar refractivity (Wildman–Crippen MR) is 162 cm³/mol. The van der Waals surface area contributed by atoms with Crippen molar-refractivity contribution >= 4 is 30.1 Å². The van der Waals surface area contributed by atoms with Crippen LogP contribution in [0, 0.1) is 0 Å². The molecule has 1 aromatic heterocycles. The van der Waals surface area contributed by atoms with Crippen LogP contribution >= 0.6 is 8.16 Å². The van der Waals surface area contributed by atoms with E-state index in [4.69, 9.17) is 8.39 Å². The molecule has 2 atom stereocenters. The van der Waals surface area contributed by atoms with Crippen LogP contribution in [0.3, 0.4) is 0 Å². The number of fused-ring (bicyclic) bond motifs is 3. The van der Waals surface area contributed by atoms with Crippen molar-refractivity contribution in [2.75, 3.05) is 4.67 Å². The number of benzene rings is 4.